The van der Waals surface area contributed by atoms with Crippen molar-refractivity contribution in [2.75, 3.05) is 7.11 Å². The number of methoxy groups -OCH3 is 1. The van der Waals surface area contributed by atoms with Crippen molar-refractivity contribution in [1.29, 1.82) is 0 Å². The number of carbonyl (C=O) groups is 3. The van der Waals surface area contributed by atoms with E-state index in [-0.39, 0.29) is 37.2 Å². The van der Waals surface area contributed by atoms with Crippen molar-refractivity contribution in [2.45, 2.75) is 70.4 Å². The second kappa shape index (κ2) is 10.6. The van der Waals surface area contributed by atoms with E-state index < -0.39 is 48.6 Å². The predicted octanol–water partition coefficient (Wildman–Crippen LogP) is 0.0840. The van der Waals surface area contributed by atoms with E-state index in [0.29, 0.717) is 22.4 Å². The van der Waals surface area contributed by atoms with Crippen LogP contribution in [0.25, 0.3) is 0 Å². The Bertz CT molecular complexity index is 1050. The van der Waals surface area contributed by atoms with Crippen LogP contribution in [0, 0.1) is 6.92 Å². The van der Waals surface area contributed by atoms with Gasteiger partial charge in [0.05, 0.1) is 7.11 Å². The van der Waals surface area contributed by atoms with Crippen molar-refractivity contribution in [1.82, 2.24) is 0 Å². The van der Waals surface area contributed by atoms with Gasteiger partial charge in [-0.2, -0.15) is 0 Å². The van der Waals surface area contributed by atoms with Gasteiger partial charge in [0, 0.05) is 17.5 Å². The van der Waals surface area contributed by atoms with Gasteiger partial charge in [0.1, 0.15) is 42.0 Å². The van der Waals surface area contributed by atoms with Gasteiger partial charge >= 0.3 is 17.9 Å². The number of rotatable bonds is 8. The quantitative estimate of drug-likeness (QED) is 0.241. The third-order valence-electron chi connectivity index (χ3n) is 6.09. The minimum Gasteiger partial charge on any atom is -0.507 e. The van der Waals surface area contributed by atoms with E-state index in [9.17, 15) is 34.8 Å². The number of aliphatic carboxylic acids is 1. The number of ether oxygens (including phenoxy) is 4. The first-order valence-electron chi connectivity index (χ1n) is 10.8. The van der Waals surface area contributed by atoms with Crippen LogP contribution in [0.4, 0.5) is 0 Å². The molecule has 12 heteroatoms. The summed E-state index contributed by atoms with van der Waals surface area (Å²) in [5, 5.41) is 49.1. The SMILES string of the molecule is COc1c(C)c2c(c(O)c1C/C=C(\C)CCC(=O)O[C@@H]1OC(C(=O)O)[C@@H](O)[C@H](O)C1O)C(=O)OC2. The number of carbonyl (C=O) groups excluding carboxylic acids is 2. The summed E-state index contributed by atoms with van der Waals surface area (Å²) >= 11 is 0. The van der Waals surface area contributed by atoms with Crippen LogP contribution in [0.3, 0.4) is 0 Å². The molecule has 0 saturated carbocycles. The molecule has 3 rings (SSSR count). The Kier molecular flexibility index (Phi) is 8.00. The molecule has 0 bridgehead atoms. The van der Waals surface area contributed by atoms with Crippen molar-refractivity contribution in [2.24, 2.45) is 0 Å². The molecule has 0 amide bonds. The summed E-state index contributed by atoms with van der Waals surface area (Å²) in [7, 11) is 1.45. The highest BCUT2D eigenvalue weighted by atomic mass is 16.7. The molecule has 1 saturated heterocycles. The Morgan fingerprint density at radius 1 is 1.14 bits per heavy atom. The van der Waals surface area contributed by atoms with Gasteiger partial charge in [-0.1, -0.05) is 11.6 Å². The van der Waals surface area contributed by atoms with Gasteiger partial charge in [0.2, 0.25) is 6.29 Å². The standard InChI is InChI=1S/C23H28O12/c1-9(4-6-11-15(25)14-12(8-33-22(14)31)10(2)19(11)32-3)5-7-13(24)34-23-18(28)16(26)17(27)20(35-23)21(29)30/h4,16-18,20,23,25-28H,5-8H2,1-3H3,(H,29,30)/b9-4+/t16-,17-,18?,20?,23+/m0/s1. The van der Waals surface area contributed by atoms with Crippen molar-refractivity contribution in [3.63, 3.8) is 0 Å². The number of aromatic hydroxyl groups is 1. The zero-order valence-electron chi connectivity index (χ0n) is 19.4. The summed E-state index contributed by atoms with van der Waals surface area (Å²) in [6, 6.07) is 0. The van der Waals surface area contributed by atoms with Gasteiger partial charge in [-0.25, -0.2) is 9.59 Å². The van der Waals surface area contributed by atoms with Crippen LogP contribution in [-0.2, 0) is 36.8 Å². The van der Waals surface area contributed by atoms with E-state index >= 15 is 0 Å². The average Bonchev–Trinajstić information content (AvgIpc) is 3.21. The lowest BCUT2D eigenvalue weighted by molar-refractivity contribution is -0.286. The number of hydrogen-bond donors (Lipinski definition) is 5. The maximum atomic E-state index is 12.2. The molecule has 1 fully saturated rings. The van der Waals surface area contributed by atoms with Crippen molar-refractivity contribution in [3.05, 3.63) is 33.9 Å². The summed E-state index contributed by atoms with van der Waals surface area (Å²) < 4.78 is 20.3. The predicted molar refractivity (Wildman–Crippen MR) is 116 cm³/mol. The normalized spacial score (nSPS) is 26.2. The van der Waals surface area contributed by atoms with Gasteiger partial charge in [0.15, 0.2) is 6.10 Å². The number of allylic oxidation sites excluding steroid dienone is 2. The first-order chi connectivity index (χ1) is 16.5. The second-order valence-electron chi connectivity index (χ2n) is 8.39. The molecule has 1 aromatic carbocycles. The number of aliphatic hydroxyl groups excluding tert-OH is 3. The van der Waals surface area contributed by atoms with Crippen LogP contribution in [0.5, 0.6) is 11.5 Å². The van der Waals surface area contributed by atoms with Crippen LogP contribution in [-0.4, -0.2) is 81.3 Å². The lowest BCUT2D eigenvalue weighted by Crippen LogP contribution is -2.60. The Labute approximate surface area is 200 Å². The van der Waals surface area contributed by atoms with E-state index in [1.54, 1.807) is 19.9 Å². The third-order valence-corrected chi connectivity index (χ3v) is 6.09. The van der Waals surface area contributed by atoms with Crippen LogP contribution >= 0.6 is 0 Å². The number of esters is 2. The van der Waals surface area contributed by atoms with Gasteiger partial charge < -0.3 is 44.5 Å². The first kappa shape index (κ1) is 26.4. The van der Waals surface area contributed by atoms with E-state index in [2.05, 4.69) is 0 Å². The lowest BCUT2D eigenvalue weighted by atomic mass is 9.94. The molecule has 2 aliphatic rings. The Morgan fingerprint density at radius 3 is 2.46 bits per heavy atom. The van der Waals surface area contributed by atoms with Crippen LogP contribution < -0.4 is 4.74 Å². The highest BCUT2D eigenvalue weighted by Gasteiger charge is 2.48. The van der Waals surface area contributed by atoms with Crippen molar-refractivity contribution >= 4 is 17.9 Å². The molecular weight excluding hydrogens is 468 g/mol. The molecule has 12 nitrogen and oxygen atoms in total. The molecule has 1 aromatic rings. The second-order valence-corrected chi connectivity index (χ2v) is 8.39. The van der Waals surface area contributed by atoms with Crippen molar-refractivity contribution < 1.29 is 58.9 Å². The van der Waals surface area contributed by atoms with E-state index in [0.717, 1.165) is 5.57 Å². The Morgan fingerprint density at radius 2 is 1.83 bits per heavy atom. The van der Waals surface area contributed by atoms with Gasteiger partial charge in [-0.15, -0.1) is 0 Å². The number of hydrogen-bond acceptors (Lipinski definition) is 11. The van der Waals surface area contributed by atoms with Gasteiger partial charge in [-0.3, -0.25) is 4.79 Å². The molecule has 5 atom stereocenters. The first-order valence-corrected chi connectivity index (χ1v) is 10.8. The molecule has 2 aliphatic heterocycles. The molecule has 2 unspecified atom stereocenters. The minimum absolute atomic E-state index is 0.0593. The number of fused-ring (bicyclic) bond motifs is 1. The molecule has 2 heterocycles. The fraction of sp³-hybridized carbons (Fsp3) is 0.522. The van der Waals surface area contributed by atoms with Gasteiger partial charge in [-0.05, 0) is 32.3 Å². The zero-order chi connectivity index (χ0) is 26.0. The average molecular weight is 496 g/mol. The monoisotopic (exact) mass is 496 g/mol. The number of cyclic esters (lactones) is 1. The largest absolute Gasteiger partial charge is 0.507 e. The van der Waals surface area contributed by atoms with E-state index in [4.69, 9.17) is 24.1 Å². The molecule has 0 aliphatic carbocycles. The Hall–Kier alpha value is -3.19. The zero-order valence-corrected chi connectivity index (χ0v) is 19.4. The van der Waals surface area contributed by atoms with E-state index in [1.165, 1.54) is 7.11 Å². The molecule has 0 radical (unpaired) electrons. The summed E-state index contributed by atoms with van der Waals surface area (Å²) in [6.07, 6.45) is -7.23. The lowest BCUT2D eigenvalue weighted by Gasteiger charge is -2.37. The molecule has 0 spiro atoms. The minimum atomic E-state index is -1.89. The number of aliphatic hydroxyl groups is 3. The summed E-state index contributed by atoms with van der Waals surface area (Å²) in [5.41, 5.74) is 2.51. The van der Waals surface area contributed by atoms with Gasteiger partial charge in [0.25, 0.3) is 0 Å². The summed E-state index contributed by atoms with van der Waals surface area (Å²) in [5.74, 6) is -2.81. The molecule has 192 valence electrons. The fourth-order valence-electron chi connectivity index (χ4n) is 4.04. The highest BCUT2D eigenvalue weighted by Crippen LogP contribution is 2.42. The van der Waals surface area contributed by atoms with Crippen LogP contribution in [0.2, 0.25) is 0 Å². The fourth-order valence-corrected chi connectivity index (χ4v) is 4.04. The topological polar surface area (TPSA) is 189 Å². The molecule has 0 aromatic heterocycles. The maximum absolute atomic E-state index is 12.2. The summed E-state index contributed by atoms with van der Waals surface area (Å²) in [4.78, 5) is 35.4. The van der Waals surface area contributed by atoms with Crippen LogP contribution in [0.15, 0.2) is 11.6 Å². The molecule has 35 heavy (non-hydrogen) atoms. The Balaban J connectivity index is 1.63. The smallest absolute Gasteiger partial charge is 0.342 e. The number of phenols is 1. The number of benzene rings is 1. The molecule has 5 N–H and O–H groups in total. The van der Waals surface area contributed by atoms with Crippen LogP contribution in [0.1, 0.15) is 46.8 Å². The summed E-state index contributed by atoms with van der Waals surface area (Å²) in [6.45, 7) is 3.56. The number of carboxylic acids is 1. The number of carboxylic acid groups (broad SMARTS) is 1. The third kappa shape index (κ3) is 5.25. The van der Waals surface area contributed by atoms with Crippen molar-refractivity contribution in [3.8, 4) is 11.5 Å². The molecular formula is C23H28O12. The highest BCUT2D eigenvalue weighted by molar-refractivity contribution is 5.98. The van der Waals surface area contributed by atoms with E-state index in [1.807, 2.05) is 0 Å². The maximum Gasteiger partial charge on any atom is 0.342 e. The number of phenolic OH excluding ortho intramolecular Hbond substituents is 1.